The predicted octanol–water partition coefficient (Wildman–Crippen LogP) is 18.3. The van der Waals surface area contributed by atoms with E-state index in [0.717, 1.165) is 180 Å². The Labute approximate surface area is 798 Å². The maximum absolute atomic E-state index is 13.2. The van der Waals surface area contributed by atoms with Crippen LogP contribution in [0, 0.1) is 41.4 Å². The number of halogens is 3. The number of piperazine rings is 2. The number of likely N-dealkylation sites (N-methyl/N-ethyl adjacent to an activating group) is 1. The van der Waals surface area contributed by atoms with E-state index in [1.807, 2.05) is 74.5 Å². The third kappa shape index (κ3) is 22.8. The number of alkyl halides is 3. The van der Waals surface area contributed by atoms with Crippen LogP contribution in [-0.4, -0.2) is 222 Å². The minimum atomic E-state index is -4.18. The first-order valence-corrected chi connectivity index (χ1v) is 51.3. The van der Waals surface area contributed by atoms with Gasteiger partial charge in [-0.25, -0.2) is 63.1 Å². The summed E-state index contributed by atoms with van der Waals surface area (Å²) in [6.07, 6.45) is 15.2. The molecule has 0 radical (unpaired) electrons. The molecule has 0 saturated carbocycles. The third-order valence-corrected chi connectivity index (χ3v) is 31.4. The van der Waals surface area contributed by atoms with Gasteiger partial charge in [0.1, 0.15) is 57.8 Å². The zero-order valence-corrected chi connectivity index (χ0v) is 81.2. The summed E-state index contributed by atoms with van der Waals surface area (Å²) in [5.74, 6) is 11.1. The first-order chi connectivity index (χ1) is 65.5. The highest BCUT2D eigenvalue weighted by Crippen LogP contribution is 2.45. The molecule has 1 amide bonds. The quantitative estimate of drug-likeness (QED) is 0.0637. The van der Waals surface area contributed by atoms with Crippen molar-refractivity contribution in [2.45, 2.75) is 202 Å². The number of hydrogen-bond acceptors (Lipinski definition) is 25. The molecule has 5 N–H and O–H groups in total. The van der Waals surface area contributed by atoms with Crippen LogP contribution in [0.2, 0.25) is 0 Å². The number of ether oxygens (including phenoxy) is 1. The van der Waals surface area contributed by atoms with Gasteiger partial charge in [-0.2, -0.15) is 13.2 Å². The number of benzene rings is 5. The van der Waals surface area contributed by atoms with Crippen molar-refractivity contribution in [2.75, 3.05) is 136 Å². The fourth-order valence-corrected chi connectivity index (χ4v) is 22.7. The molecular weight excluding hydrogens is 1740 g/mol. The lowest BCUT2D eigenvalue weighted by Crippen LogP contribution is -2.49. The van der Waals surface area contributed by atoms with Gasteiger partial charge < -0.3 is 64.6 Å². The number of phenols is 5. The van der Waals surface area contributed by atoms with Gasteiger partial charge >= 0.3 is 12.3 Å². The Hall–Kier alpha value is -11.5. The number of para-hydroxylation sites is 5. The number of nitrogens with zero attached hydrogens (tertiary/aromatic N) is 17. The monoisotopic (exact) mass is 1880 g/mol. The number of anilines is 5. The fraction of sp³-hybridized carbons (Fsp3) is 0.519. The second-order valence-corrected chi connectivity index (χ2v) is 41.8. The van der Waals surface area contributed by atoms with Gasteiger partial charge in [0.15, 0.2) is 39.0 Å². The van der Waals surface area contributed by atoms with Gasteiger partial charge in [-0.3, -0.25) is 0 Å². The highest BCUT2D eigenvalue weighted by Gasteiger charge is 2.45. The van der Waals surface area contributed by atoms with Gasteiger partial charge in [0.05, 0.1) is 62.7 Å². The Bertz CT molecular complexity index is 5960. The first-order valence-electron chi connectivity index (χ1n) is 49.6. The van der Waals surface area contributed by atoms with E-state index in [4.69, 9.17) is 44.6 Å². The number of aromatic nitrogens is 10. The predicted molar refractivity (Wildman–Crippen MR) is 528 cm³/mol. The number of amides is 1. The van der Waals surface area contributed by atoms with Crippen LogP contribution in [-0.2, 0) is 78.8 Å². The average Bonchev–Trinajstić information content (AvgIpc) is 1.55. The van der Waals surface area contributed by atoms with Crippen molar-refractivity contribution in [1.82, 2.24) is 59.6 Å². The van der Waals surface area contributed by atoms with E-state index in [1.54, 1.807) is 70.5 Å². The Kier molecular flexibility index (Phi) is 31.2. The highest BCUT2D eigenvalue weighted by molar-refractivity contribution is 7.92. The molecule has 10 aromatic rings. The molecule has 0 spiro atoms. The summed E-state index contributed by atoms with van der Waals surface area (Å²) in [5.41, 5.74) is 14.7. The van der Waals surface area contributed by atoms with Crippen LogP contribution < -0.4 is 24.5 Å². The summed E-state index contributed by atoms with van der Waals surface area (Å²) in [6.45, 7) is 28.2. The van der Waals surface area contributed by atoms with Gasteiger partial charge in [-0.15, -0.1) is 0 Å². The Morgan fingerprint density at radius 2 is 0.728 bits per heavy atom. The summed E-state index contributed by atoms with van der Waals surface area (Å²) >= 11 is 0. The Morgan fingerprint density at radius 3 is 1.10 bits per heavy atom. The molecule has 6 atom stereocenters. The second-order valence-electron chi connectivity index (χ2n) is 39.4. The molecule has 20 rings (SSSR count). The number of rotatable bonds is 15. The van der Waals surface area contributed by atoms with Crippen LogP contribution in [0.3, 0.4) is 0 Å². The van der Waals surface area contributed by atoms with Crippen molar-refractivity contribution in [2.24, 2.45) is 41.4 Å². The number of sulfone groups is 1. The summed E-state index contributed by atoms with van der Waals surface area (Å²) in [7, 11) is -0.844. The normalized spacial score (nSPS) is 20.6. The van der Waals surface area contributed by atoms with Crippen molar-refractivity contribution in [3.8, 4) is 85.7 Å². The van der Waals surface area contributed by atoms with Crippen LogP contribution in [0.4, 0.5) is 47.1 Å². The SMILES string of the molecule is CC(C)C1CCc2c(nc(-c3ccccc3O)nc2N2CCCC2)C1.CC1CCc2nc(-c3ccccc3O)nc(N3CCC(C(F)(F)F)C3)c2C1.CC1CCc2nc(-c3ccccc3O)nc(N3CCN(C)CC3)c2C1.CCCS(=O)(=O)C1CCN(c2nc(-c3ccccc3O)nc3c2CC[C@@H](C)C3)CC1.CCOC(=O)N1CCN(c2nc(-c3ccccc3O)nc3c2CC(C)CC3)CC1. The lowest BCUT2D eigenvalue weighted by molar-refractivity contribution is -0.168. The van der Waals surface area contributed by atoms with Gasteiger partial charge in [0.25, 0.3) is 0 Å². The number of phenolic OH excluding ortho intramolecular Hbond substituents is 5. The number of aryl methyl sites for hydroxylation is 3. The number of fused-ring (bicyclic) bond motifs is 5. The maximum Gasteiger partial charge on any atom is 0.409 e. The summed E-state index contributed by atoms with van der Waals surface area (Å²) in [4.78, 5) is 75.5. The minimum Gasteiger partial charge on any atom is -0.507 e. The zero-order valence-electron chi connectivity index (χ0n) is 80.3. The van der Waals surface area contributed by atoms with Crippen LogP contribution >= 0.6 is 0 Å². The fourth-order valence-electron chi connectivity index (χ4n) is 20.8. The molecule has 5 fully saturated rings. The van der Waals surface area contributed by atoms with Gasteiger partial charge in [-0.05, 0) is 245 Å². The average molecular weight is 1880 g/mol. The standard InChI is InChI=1S/C23H31N3O3S.C22H28N4O3.C21H27N3O.C20H22F3N3O.C20H26N4O/c1-3-14-30(28,29)17-10-12-26(13-11-17)23-18-9-8-16(2)15-20(18)24-22(25-23)19-6-4-5-7-21(19)27;1-3-29-22(28)26-12-10-25(11-13-26)21-17-14-15(2)8-9-18(17)23-20(24-21)16-6-4-5-7-19(16)27;1-14(2)15-9-10-16-18(13-15)22-20(17-7-3-4-8-19(17)25)23-21(16)24-11-5-6-12-24;1-12-6-7-16-15(10-12)19(26-9-8-13(11-26)20(21,22)23)25-18(24-16)14-4-2-3-5-17(14)27;1-14-7-8-17-16(13-14)20(24-11-9-23(2)10-12-24)22-19(21-17)15-5-3-4-6-18(15)25/h4-7,16-17,27H,3,8-15H2,1-2H3;4-7,15,27H,3,8-14H2,1-2H3;3-4,7-8,14-15,25H,5-6,9-13H2,1-2H3;2-5,12-13,27H,6-11H2,1H3;3-6,14,25H,7-13H2,1-2H3/t16-;;;;/m1..../s1. The summed E-state index contributed by atoms with van der Waals surface area (Å²) in [6, 6.07) is 35.9. The molecule has 724 valence electrons. The van der Waals surface area contributed by atoms with E-state index in [-0.39, 0.29) is 58.8 Å². The number of aromatic hydroxyl groups is 5. The topological polar surface area (TPSA) is 313 Å². The molecule has 5 aliphatic carbocycles. The van der Waals surface area contributed by atoms with E-state index < -0.39 is 21.9 Å². The number of hydrogen-bond donors (Lipinski definition) is 5. The molecule has 26 nitrogen and oxygen atoms in total. The smallest absolute Gasteiger partial charge is 0.409 e. The van der Waals surface area contributed by atoms with Crippen molar-refractivity contribution >= 4 is 45.0 Å². The molecule has 136 heavy (non-hydrogen) atoms. The Balaban J connectivity index is 0.000000123. The lowest BCUT2D eigenvalue weighted by atomic mass is 9.80. The van der Waals surface area contributed by atoms with E-state index >= 15 is 0 Å². The van der Waals surface area contributed by atoms with Gasteiger partial charge in [-0.1, -0.05) is 109 Å². The Morgan fingerprint density at radius 1 is 0.397 bits per heavy atom. The van der Waals surface area contributed by atoms with E-state index in [0.29, 0.717) is 159 Å². The molecule has 30 heteroatoms. The van der Waals surface area contributed by atoms with Crippen molar-refractivity contribution < 1.29 is 56.7 Å². The van der Waals surface area contributed by atoms with E-state index in [1.165, 1.54) is 59.3 Å². The minimum absolute atomic E-state index is 0.0679. The second kappa shape index (κ2) is 43.4. The molecule has 5 aliphatic heterocycles. The molecule has 5 aromatic carbocycles. The van der Waals surface area contributed by atoms with E-state index in [9.17, 15) is 51.9 Å². The van der Waals surface area contributed by atoms with Crippen LogP contribution in [0.15, 0.2) is 121 Å². The largest absolute Gasteiger partial charge is 0.507 e. The van der Waals surface area contributed by atoms with E-state index in [2.05, 4.69) is 83.1 Å². The number of carbonyl (C=O) groups excluding carboxylic acids is 1. The first kappa shape index (κ1) is 97.5. The molecule has 10 aliphatic rings. The lowest BCUT2D eigenvalue weighted by Gasteiger charge is -2.37. The van der Waals surface area contributed by atoms with Crippen LogP contribution in [0.25, 0.3) is 56.9 Å². The molecule has 5 saturated heterocycles. The maximum atomic E-state index is 13.2. The summed E-state index contributed by atoms with van der Waals surface area (Å²) < 4.78 is 69.6. The number of piperidine rings is 1. The molecule has 0 bridgehead atoms. The number of carbonyl (C=O) groups is 1. The van der Waals surface area contributed by atoms with Gasteiger partial charge in [0.2, 0.25) is 0 Å². The van der Waals surface area contributed by atoms with Crippen molar-refractivity contribution in [3.05, 3.63) is 178 Å². The molecule has 10 heterocycles. The van der Waals surface area contributed by atoms with Crippen LogP contribution in [0.5, 0.6) is 28.7 Å². The van der Waals surface area contributed by atoms with Crippen LogP contribution in [0.1, 0.15) is 182 Å². The molecule has 5 unspecified atom stereocenters. The zero-order chi connectivity index (χ0) is 95.6. The molecular formula is C106H134F3N17O9S. The summed E-state index contributed by atoms with van der Waals surface area (Å²) in [5, 5.41) is 51.1. The van der Waals surface area contributed by atoms with Crippen molar-refractivity contribution in [3.63, 3.8) is 0 Å². The highest BCUT2D eigenvalue weighted by atomic mass is 32.2. The molecule has 5 aromatic heterocycles. The van der Waals surface area contributed by atoms with Crippen molar-refractivity contribution in [1.29, 1.82) is 0 Å². The third-order valence-electron chi connectivity index (χ3n) is 29.0. The van der Waals surface area contributed by atoms with Gasteiger partial charge in [0, 0.05) is 137 Å².